The van der Waals surface area contributed by atoms with Crippen LogP contribution in [0.1, 0.15) is 138 Å². The van der Waals surface area contributed by atoms with E-state index in [-0.39, 0.29) is 79.8 Å². The van der Waals surface area contributed by atoms with Crippen LogP contribution in [0.3, 0.4) is 0 Å². The van der Waals surface area contributed by atoms with E-state index in [0.717, 1.165) is 17.5 Å². The predicted molar refractivity (Wildman–Crippen MR) is 244 cm³/mol. The van der Waals surface area contributed by atoms with Crippen molar-refractivity contribution in [3.8, 4) is 0 Å². The maximum atomic E-state index is 14.4. The fourth-order valence-corrected chi connectivity index (χ4v) is 9.92. The molecule has 2 aromatic rings. The second kappa shape index (κ2) is 23.5. The van der Waals surface area contributed by atoms with Crippen LogP contribution in [0, 0.1) is 35.5 Å². The first-order chi connectivity index (χ1) is 29.7. The highest BCUT2D eigenvalue weighted by atomic mass is 16.5. The van der Waals surface area contributed by atoms with E-state index in [9.17, 15) is 34.0 Å². The summed E-state index contributed by atoms with van der Waals surface area (Å²) in [6, 6.07) is 17.4. The number of nitrogens with one attached hydrogen (secondary N) is 2. The van der Waals surface area contributed by atoms with Crippen LogP contribution >= 0.6 is 0 Å². The van der Waals surface area contributed by atoms with E-state index in [0.29, 0.717) is 51.0 Å². The Labute approximate surface area is 376 Å². The number of amides is 3. The zero-order valence-corrected chi connectivity index (χ0v) is 39.5. The maximum Gasteiger partial charge on any atom is 0.407 e. The average Bonchev–Trinajstić information content (AvgIpc) is 3.72. The molecule has 12 nitrogen and oxygen atoms in total. The molecule has 0 spiro atoms. The first kappa shape index (κ1) is 51.2. The summed E-state index contributed by atoms with van der Waals surface area (Å²) in [5, 5.41) is 18.1. The Kier molecular flexibility index (Phi) is 19.1. The van der Waals surface area contributed by atoms with Gasteiger partial charge in [-0.1, -0.05) is 95.3 Å². The number of hydroxylamine groups is 2. The number of ether oxygens (including phenoxy) is 1. The van der Waals surface area contributed by atoms with E-state index < -0.39 is 47.0 Å². The van der Waals surface area contributed by atoms with Gasteiger partial charge in [0.15, 0.2) is 11.6 Å². The van der Waals surface area contributed by atoms with Crippen molar-refractivity contribution in [1.82, 2.24) is 20.6 Å². The number of hydrogen-bond acceptors (Lipinski definition) is 9. The molecule has 348 valence electrons. The van der Waals surface area contributed by atoms with Gasteiger partial charge >= 0.3 is 6.09 Å². The van der Waals surface area contributed by atoms with Crippen molar-refractivity contribution in [3.05, 3.63) is 71.8 Å². The Morgan fingerprint density at radius 1 is 0.825 bits per heavy atom. The largest absolute Gasteiger partial charge is 0.445 e. The lowest BCUT2D eigenvalue weighted by molar-refractivity contribution is -0.251. The molecule has 3 N–H and O–H groups in total. The third-order valence-electron chi connectivity index (χ3n) is 13.0. The van der Waals surface area contributed by atoms with Crippen LogP contribution in [0.4, 0.5) is 4.79 Å². The molecular formula is C51H76N4O8. The van der Waals surface area contributed by atoms with Crippen LogP contribution in [-0.4, -0.2) is 86.7 Å². The maximum absolute atomic E-state index is 14.4. The van der Waals surface area contributed by atoms with Crippen LogP contribution < -0.4 is 10.6 Å². The van der Waals surface area contributed by atoms with Crippen molar-refractivity contribution in [2.45, 2.75) is 163 Å². The fraction of sp³-hybridized carbons (Fsp3) is 0.647. The number of carbonyl (C=O) groups is 6. The third kappa shape index (κ3) is 15.4. The van der Waals surface area contributed by atoms with Gasteiger partial charge in [-0.3, -0.25) is 24.0 Å². The summed E-state index contributed by atoms with van der Waals surface area (Å²) in [7, 11) is 0. The Morgan fingerprint density at radius 3 is 2.02 bits per heavy atom. The van der Waals surface area contributed by atoms with Crippen LogP contribution in [0.5, 0.6) is 0 Å². The summed E-state index contributed by atoms with van der Waals surface area (Å²) in [5.74, 6) is -2.39. The molecule has 2 heterocycles. The molecule has 12 heteroatoms. The van der Waals surface area contributed by atoms with Crippen molar-refractivity contribution in [1.29, 1.82) is 0 Å². The van der Waals surface area contributed by atoms with Crippen molar-refractivity contribution < 1.29 is 38.7 Å². The second-order valence-electron chi connectivity index (χ2n) is 20.4. The van der Waals surface area contributed by atoms with Gasteiger partial charge in [-0.25, -0.2) is 4.79 Å². The van der Waals surface area contributed by atoms with Crippen molar-refractivity contribution >= 4 is 35.3 Å². The molecule has 2 fully saturated rings. The van der Waals surface area contributed by atoms with E-state index in [1.807, 2.05) is 109 Å². The highest BCUT2D eigenvalue weighted by molar-refractivity contribution is 5.96. The number of alkyl carbamates (subject to hydrolysis) is 1. The quantitative estimate of drug-likeness (QED) is 0.0930. The molecule has 2 aliphatic heterocycles. The summed E-state index contributed by atoms with van der Waals surface area (Å²) in [4.78, 5) is 84.8. The fourth-order valence-electron chi connectivity index (χ4n) is 9.92. The molecule has 5 atom stereocenters. The van der Waals surface area contributed by atoms with Gasteiger partial charge in [0.2, 0.25) is 11.8 Å². The number of ketones is 3. The van der Waals surface area contributed by atoms with Crippen molar-refractivity contribution in [2.75, 3.05) is 13.1 Å². The molecule has 3 amide bonds. The molecule has 0 bridgehead atoms. The number of hydrogen-bond donors (Lipinski definition) is 3. The monoisotopic (exact) mass is 873 g/mol. The highest BCUT2D eigenvalue weighted by Gasteiger charge is 2.46. The molecule has 63 heavy (non-hydrogen) atoms. The molecular weight excluding hydrogens is 797 g/mol. The van der Waals surface area contributed by atoms with Gasteiger partial charge in [0.1, 0.15) is 12.4 Å². The zero-order chi connectivity index (χ0) is 46.5. The predicted octanol–water partition coefficient (Wildman–Crippen LogP) is 8.52. The second-order valence-corrected chi connectivity index (χ2v) is 20.4. The standard InChI is InChI=1S/C51H76N4O8/c1-34(2)26-36(5)44(56)29-40(27-37-18-12-10-13-19-37)48(60)54-25-17-23-43(54)46(58)30-41(35(3)4)47(59)53-42(22-16-24-52-49(61)63-33-38-20-14-11-15-21-38)45(57)28-39-31-50(6,7)55(62)51(8,9)32-39/h10-15,18-21,34-36,39-43,62H,16-17,22-33H2,1-9H3,(H,52,61)(H,53,59)/t36-,40-,41-,42-,43-/m0/s1. The number of benzene rings is 2. The minimum absolute atomic E-state index is 0.0378. The SMILES string of the molecule is CC(C)C[C@H](C)C(=O)C[C@H](Cc1ccccc1)C(=O)N1CCC[C@H]1C(=O)C[C@H](C(=O)N[C@@H](CCCNC(=O)OCc1ccccc1)C(=O)CC1CC(C)(C)N(O)C(C)(C)C1)C(C)C. The Hall–Kier alpha value is -4.42. The molecule has 2 saturated heterocycles. The van der Waals surface area contributed by atoms with Crippen LogP contribution in [0.2, 0.25) is 0 Å². The van der Waals surface area contributed by atoms with Gasteiger partial charge in [0, 0.05) is 61.2 Å². The molecule has 0 aromatic heterocycles. The van der Waals surface area contributed by atoms with Crippen LogP contribution in [0.15, 0.2) is 60.7 Å². The van der Waals surface area contributed by atoms with Gasteiger partial charge in [0.05, 0.1) is 12.1 Å². The number of Topliss-reactive ketones (excluding diaryl/α,β-unsaturated/α-hetero) is 3. The van der Waals surface area contributed by atoms with Gasteiger partial charge in [-0.05, 0) is 108 Å². The Morgan fingerprint density at radius 2 is 1.43 bits per heavy atom. The third-order valence-corrected chi connectivity index (χ3v) is 13.0. The number of piperidine rings is 1. The summed E-state index contributed by atoms with van der Waals surface area (Å²) in [5.41, 5.74) is 0.693. The van der Waals surface area contributed by atoms with Gasteiger partial charge in [-0.15, -0.1) is 0 Å². The van der Waals surface area contributed by atoms with E-state index in [1.54, 1.807) is 4.90 Å². The normalized spacial score (nSPS) is 19.6. The first-order valence-corrected chi connectivity index (χ1v) is 23.3. The van der Waals surface area contributed by atoms with Gasteiger partial charge in [0.25, 0.3) is 0 Å². The van der Waals surface area contributed by atoms with E-state index in [2.05, 4.69) is 24.5 Å². The number of nitrogens with zero attached hydrogens (tertiary/aromatic N) is 2. The zero-order valence-electron chi connectivity index (χ0n) is 39.5. The molecule has 2 aliphatic rings. The average molecular weight is 873 g/mol. The number of likely N-dealkylation sites (tertiary alicyclic amines) is 1. The minimum atomic E-state index is -0.867. The number of rotatable bonds is 23. The van der Waals surface area contributed by atoms with Crippen molar-refractivity contribution in [2.24, 2.45) is 35.5 Å². The van der Waals surface area contributed by atoms with E-state index in [1.165, 1.54) is 5.06 Å². The van der Waals surface area contributed by atoms with Crippen molar-refractivity contribution in [3.63, 3.8) is 0 Å². The smallest absolute Gasteiger partial charge is 0.407 e. The number of carbonyl (C=O) groups excluding carboxylic acids is 6. The van der Waals surface area contributed by atoms with E-state index >= 15 is 0 Å². The van der Waals surface area contributed by atoms with Gasteiger partial charge in [-0.2, -0.15) is 5.06 Å². The lowest BCUT2D eigenvalue weighted by Crippen LogP contribution is -2.59. The molecule has 2 aromatic carbocycles. The first-order valence-electron chi connectivity index (χ1n) is 23.3. The minimum Gasteiger partial charge on any atom is -0.445 e. The Bertz CT molecular complexity index is 1810. The lowest BCUT2D eigenvalue weighted by Gasteiger charge is -2.51. The van der Waals surface area contributed by atoms with Gasteiger partial charge < -0.3 is 25.5 Å². The summed E-state index contributed by atoms with van der Waals surface area (Å²) in [6.45, 7) is 18.4. The molecule has 0 aliphatic carbocycles. The lowest BCUT2D eigenvalue weighted by atomic mass is 9.73. The molecule has 4 rings (SSSR count). The Balaban J connectivity index is 1.46. The topological polar surface area (TPSA) is 162 Å². The summed E-state index contributed by atoms with van der Waals surface area (Å²) in [6.07, 6.45) is 3.70. The summed E-state index contributed by atoms with van der Waals surface area (Å²) >= 11 is 0. The summed E-state index contributed by atoms with van der Waals surface area (Å²) < 4.78 is 5.35. The molecule has 0 radical (unpaired) electrons. The van der Waals surface area contributed by atoms with Crippen LogP contribution in [-0.2, 0) is 41.7 Å². The van der Waals surface area contributed by atoms with Crippen LogP contribution in [0.25, 0.3) is 0 Å². The molecule has 0 saturated carbocycles. The van der Waals surface area contributed by atoms with E-state index in [4.69, 9.17) is 4.74 Å². The highest BCUT2D eigenvalue weighted by Crippen LogP contribution is 2.41. The molecule has 0 unspecified atom stereocenters.